The molecule has 148 valence electrons. The van der Waals surface area contributed by atoms with Crippen molar-refractivity contribution in [2.24, 2.45) is 0 Å². The summed E-state index contributed by atoms with van der Waals surface area (Å²) in [7, 11) is 0. The minimum Gasteiger partial charge on any atom is -0.361 e. The molecule has 6 heteroatoms. The smallest absolute Gasteiger partial charge is 0.260 e. The summed E-state index contributed by atoms with van der Waals surface area (Å²) in [5.74, 6) is -2.56. The van der Waals surface area contributed by atoms with Crippen LogP contribution in [0.5, 0.6) is 0 Å². The highest BCUT2D eigenvalue weighted by Gasteiger charge is 2.51. The fourth-order valence-electron chi connectivity index (χ4n) is 4.88. The summed E-state index contributed by atoms with van der Waals surface area (Å²) < 4.78 is 41.8. The molecule has 0 spiro atoms. The Morgan fingerprint density at radius 1 is 1.00 bits per heavy atom. The molecule has 0 aliphatic carbocycles. The lowest BCUT2D eigenvalue weighted by Gasteiger charge is -2.42. The van der Waals surface area contributed by atoms with Gasteiger partial charge in [-0.2, -0.15) is 0 Å². The molecular formula is C22H23F3N2O. The zero-order chi connectivity index (χ0) is 20.1. The van der Waals surface area contributed by atoms with E-state index >= 15 is 0 Å². The monoisotopic (exact) mass is 388 g/mol. The number of hydrogen-bond donors (Lipinski definition) is 0. The first-order chi connectivity index (χ1) is 13.3. The van der Waals surface area contributed by atoms with Gasteiger partial charge in [-0.25, -0.2) is 13.2 Å². The Hall–Kier alpha value is -2.50. The number of piperidine rings is 1. The maximum Gasteiger partial charge on any atom is 0.260 e. The highest BCUT2D eigenvalue weighted by molar-refractivity contribution is 5.95. The standard InChI is InChI=1S/C22H23F3N2O/c1-22(2)13-19-18(27(22)15-10-8-14(23)9-11-15)7-4-12-26(19)21(28)20-16(24)5-3-6-17(20)25/h3,5-6,8-11,18-19H,4,7,12-13H2,1-2H3/t18-,19-/m0/s1. The highest BCUT2D eigenvalue weighted by atomic mass is 19.1. The number of fused-ring (bicyclic) bond motifs is 1. The normalized spacial score (nSPS) is 23.6. The van der Waals surface area contributed by atoms with Crippen molar-refractivity contribution in [2.45, 2.75) is 50.7 Å². The second kappa shape index (κ2) is 6.83. The van der Waals surface area contributed by atoms with E-state index in [1.54, 1.807) is 17.0 Å². The summed E-state index contributed by atoms with van der Waals surface area (Å²) in [6.07, 6.45) is 2.29. The molecule has 0 N–H and O–H groups in total. The van der Waals surface area contributed by atoms with Gasteiger partial charge in [0, 0.05) is 17.8 Å². The van der Waals surface area contributed by atoms with E-state index < -0.39 is 23.1 Å². The molecule has 2 aromatic rings. The van der Waals surface area contributed by atoms with E-state index in [1.807, 2.05) is 0 Å². The third-order valence-corrected chi connectivity index (χ3v) is 5.98. The Kier molecular flexibility index (Phi) is 4.60. The maximum absolute atomic E-state index is 14.2. The van der Waals surface area contributed by atoms with Gasteiger partial charge < -0.3 is 9.80 Å². The summed E-state index contributed by atoms with van der Waals surface area (Å²) in [6.45, 7) is 4.64. The summed E-state index contributed by atoms with van der Waals surface area (Å²) in [5.41, 5.74) is 0.135. The summed E-state index contributed by atoms with van der Waals surface area (Å²) >= 11 is 0. The molecule has 2 fully saturated rings. The topological polar surface area (TPSA) is 23.6 Å². The van der Waals surface area contributed by atoms with Crippen LogP contribution in [0.3, 0.4) is 0 Å². The van der Waals surface area contributed by atoms with Crippen LogP contribution in [-0.4, -0.2) is 35.0 Å². The minimum atomic E-state index is -0.834. The van der Waals surface area contributed by atoms with Crippen molar-refractivity contribution < 1.29 is 18.0 Å². The number of likely N-dealkylation sites (tertiary alicyclic amines) is 1. The largest absolute Gasteiger partial charge is 0.361 e. The van der Waals surface area contributed by atoms with E-state index in [1.165, 1.54) is 18.2 Å². The quantitative estimate of drug-likeness (QED) is 0.740. The van der Waals surface area contributed by atoms with E-state index in [4.69, 9.17) is 0 Å². The molecule has 0 aromatic heterocycles. The van der Waals surface area contributed by atoms with Gasteiger partial charge >= 0.3 is 0 Å². The molecule has 4 rings (SSSR count). The number of hydrogen-bond acceptors (Lipinski definition) is 2. The predicted molar refractivity (Wildman–Crippen MR) is 102 cm³/mol. The van der Waals surface area contributed by atoms with Crippen molar-refractivity contribution in [1.29, 1.82) is 0 Å². The summed E-state index contributed by atoms with van der Waals surface area (Å²) in [6, 6.07) is 9.71. The van der Waals surface area contributed by atoms with Gasteiger partial charge in [0.1, 0.15) is 23.0 Å². The van der Waals surface area contributed by atoms with E-state index in [2.05, 4.69) is 18.7 Å². The van der Waals surface area contributed by atoms with E-state index in [9.17, 15) is 18.0 Å². The number of halogens is 3. The minimum absolute atomic E-state index is 0.0213. The van der Waals surface area contributed by atoms with E-state index in [0.717, 1.165) is 30.7 Å². The second-order valence-corrected chi connectivity index (χ2v) is 8.24. The van der Waals surface area contributed by atoms with E-state index in [-0.39, 0.29) is 23.4 Å². The maximum atomic E-state index is 14.2. The van der Waals surface area contributed by atoms with Crippen molar-refractivity contribution in [3.05, 3.63) is 65.5 Å². The fourth-order valence-corrected chi connectivity index (χ4v) is 4.88. The summed E-state index contributed by atoms with van der Waals surface area (Å²) in [5, 5.41) is 0. The van der Waals surface area contributed by atoms with Crippen LogP contribution in [0, 0.1) is 17.5 Å². The number of rotatable bonds is 2. The number of carbonyl (C=O) groups excluding carboxylic acids is 1. The van der Waals surface area contributed by atoms with E-state index in [0.29, 0.717) is 13.0 Å². The molecule has 0 unspecified atom stereocenters. The molecule has 2 aliphatic heterocycles. The van der Waals surface area contributed by atoms with Gasteiger partial charge in [-0.15, -0.1) is 0 Å². The first-order valence-corrected chi connectivity index (χ1v) is 9.59. The van der Waals surface area contributed by atoms with Crippen LogP contribution in [0.1, 0.15) is 43.5 Å². The molecule has 28 heavy (non-hydrogen) atoms. The molecule has 0 bridgehead atoms. The number of carbonyl (C=O) groups is 1. The Labute approximate surface area is 162 Å². The van der Waals surface area contributed by atoms with Gasteiger partial charge in [0.05, 0.1) is 12.1 Å². The van der Waals surface area contributed by atoms with Crippen molar-refractivity contribution in [2.75, 3.05) is 11.4 Å². The molecule has 2 heterocycles. The summed E-state index contributed by atoms with van der Waals surface area (Å²) in [4.78, 5) is 16.9. The number of benzene rings is 2. The van der Waals surface area contributed by atoms with Crippen LogP contribution in [0.4, 0.5) is 18.9 Å². The average Bonchev–Trinajstić information content (AvgIpc) is 2.92. The number of nitrogens with zero attached hydrogens (tertiary/aromatic N) is 2. The first-order valence-electron chi connectivity index (χ1n) is 9.59. The molecule has 2 saturated heterocycles. The molecule has 0 radical (unpaired) electrons. The highest BCUT2D eigenvalue weighted by Crippen LogP contribution is 2.44. The van der Waals surface area contributed by atoms with Crippen molar-refractivity contribution in [3.63, 3.8) is 0 Å². The van der Waals surface area contributed by atoms with Crippen molar-refractivity contribution >= 4 is 11.6 Å². The molecule has 1 amide bonds. The Morgan fingerprint density at radius 2 is 1.64 bits per heavy atom. The van der Waals surface area contributed by atoms with Gasteiger partial charge in [0.25, 0.3) is 5.91 Å². The van der Waals surface area contributed by atoms with Gasteiger partial charge in [-0.05, 0) is 69.5 Å². The van der Waals surface area contributed by atoms with Crippen molar-refractivity contribution in [3.8, 4) is 0 Å². The lowest BCUT2D eigenvalue weighted by atomic mass is 9.93. The molecule has 2 atom stereocenters. The fraction of sp³-hybridized carbons (Fsp3) is 0.409. The SMILES string of the molecule is CC1(C)C[C@H]2[C@H](CCCN2C(=O)c2c(F)cccc2F)N1c1ccc(F)cc1. The number of anilines is 1. The van der Waals surface area contributed by atoms with Gasteiger partial charge in [-0.1, -0.05) is 6.07 Å². The zero-order valence-corrected chi connectivity index (χ0v) is 16.0. The van der Waals surface area contributed by atoms with Crippen LogP contribution in [0.25, 0.3) is 0 Å². The molecule has 2 aliphatic rings. The van der Waals surface area contributed by atoms with Crippen LogP contribution in [0.2, 0.25) is 0 Å². The predicted octanol–water partition coefficient (Wildman–Crippen LogP) is 4.77. The van der Waals surface area contributed by atoms with Crippen LogP contribution >= 0.6 is 0 Å². The Balaban J connectivity index is 1.69. The first kappa shape index (κ1) is 18.8. The third kappa shape index (κ3) is 3.05. The molecule has 3 nitrogen and oxygen atoms in total. The Bertz CT molecular complexity index is 877. The van der Waals surface area contributed by atoms with Gasteiger partial charge in [0.15, 0.2) is 0 Å². The molecular weight excluding hydrogens is 365 g/mol. The van der Waals surface area contributed by atoms with Crippen LogP contribution < -0.4 is 4.90 Å². The lowest BCUT2D eigenvalue weighted by Crippen LogP contribution is -2.53. The Morgan fingerprint density at radius 3 is 2.29 bits per heavy atom. The van der Waals surface area contributed by atoms with Crippen LogP contribution in [-0.2, 0) is 0 Å². The van der Waals surface area contributed by atoms with Gasteiger partial charge in [0.2, 0.25) is 0 Å². The lowest BCUT2D eigenvalue weighted by molar-refractivity contribution is 0.0595. The molecule has 0 saturated carbocycles. The zero-order valence-electron chi connectivity index (χ0n) is 16.0. The second-order valence-electron chi connectivity index (χ2n) is 8.24. The van der Waals surface area contributed by atoms with Crippen LogP contribution in [0.15, 0.2) is 42.5 Å². The number of amides is 1. The third-order valence-electron chi connectivity index (χ3n) is 5.98. The average molecular weight is 388 g/mol. The van der Waals surface area contributed by atoms with Crippen molar-refractivity contribution in [1.82, 2.24) is 4.90 Å². The molecule has 2 aromatic carbocycles. The van der Waals surface area contributed by atoms with Gasteiger partial charge in [-0.3, -0.25) is 4.79 Å².